The van der Waals surface area contributed by atoms with E-state index in [9.17, 15) is 4.79 Å². The summed E-state index contributed by atoms with van der Waals surface area (Å²) in [6.45, 7) is 9.11. The molecule has 18 heavy (non-hydrogen) atoms. The van der Waals surface area contributed by atoms with Gasteiger partial charge in [0.15, 0.2) is 0 Å². The number of hydrogen-bond donors (Lipinski definition) is 1. The fourth-order valence-electron chi connectivity index (χ4n) is 1.35. The Morgan fingerprint density at radius 3 is 2.56 bits per heavy atom. The van der Waals surface area contributed by atoms with E-state index in [2.05, 4.69) is 11.9 Å². The van der Waals surface area contributed by atoms with Gasteiger partial charge in [0.25, 0.3) is 0 Å². The molecule has 0 bridgehead atoms. The zero-order valence-electron chi connectivity index (χ0n) is 11.2. The first kappa shape index (κ1) is 14.1. The van der Waals surface area contributed by atoms with E-state index in [0.29, 0.717) is 11.4 Å². The van der Waals surface area contributed by atoms with Crippen LogP contribution in [0.4, 0.5) is 10.5 Å². The second-order valence-corrected chi connectivity index (χ2v) is 4.79. The number of carbonyl (C=O) groups is 1. The molecule has 0 aliphatic carbocycles. The molecular weight excluding hydrogens is 230 g/mol. The topological polar surface area (TPSA) is 47.6 Å². The van der Waals surface area contributed by atoms with Crippen LogP contribution in [0.1, 0.15) is 26.3 Å². The average Bonchev–Trinajstić information content (AvgIpc) is 2.27. The molecule has 0 radical (unpaired) electrons. The van der Waals surface area contributed by atoms with Gasteiger partial charge in [0, 0.05) is 0 Å². The lowest BCUT2D eigenvalue weighted by Crippen LogP contribution is -2.27. The molecule has 1 aromatic rings. The van der Waals surface area contributed by atoms with Gasteiger partial charge in [-0.15, -0.1) is 0 Å². The van der Waals surface area contributed by atoms with Gasteiger partial charge in [-0.05, 0) is 38.5 Å². The van der Waals surface area contributed by atoms with E-state index < -0.39 is 11.7 Å². The van der Waals surface area contributed by atoms with Crippen molar-refractivity contribution in [3.63, 3.8) is 0 Å². The third-order valence-electron chi connectivity index (χ3n) is 2.10. The van der Waals surface area contributed by atoms with Crippen molar-refractivity contribution in [2.75, 3.05) is 12.4 Å². The van der Waals surface area contributed by atoms with Gasteiger partial charge in [-0.25, -0.2) is 4.79 Å². The van der Waals surface area contributed by atoms with Crippen LogP contribution in [0.5, 0.6) is 5.75 Å². The summed E-state index contributed by atoms with van der Waals surface area (Å²) in [7, 11) is 1.54. The number of rotatable bonds is 3. The Morgan fingerprint density at radius 2 is 2.06 bits per heavy atom. The van der Waals surface area contributed by atoms with Crippen LogP contribution in [0, 0.1) is 0 Å². The molecule has 0 fully saturated rings. The second kappa shape index (κ2) is 5.58. The van der Waals surface area contributed by atoms with Crippen molar-refractivity contribution in [2.45, 2.75) is 26.4 Å². The molecule has 0 aromatic heterocycles. The maximum Gasteiger partial charge on any atom is 0.412 e. The molecule has 1 aromatic carbocycles. The average molecular weight is 249 g/mol. The van der Waals surface area contributed by atoms with Gasteiger partial charge in [-0.1, -0.05) is 18.7 Å². The van der Waals surface area contributed by atoms with Crippen molar-refractivity contribution in [3.05, 3.63) is 30.3 Å². The van der Waals surface area contributed by atoms with Crippen molar-refractivity contribution < 1.29 is 14.3 Å². The van der Waals surface area contributed by atoms with Gasteiger partial charge < -0.3 is 9.47 Å². The fourth-order valence-corrected chi connectivity index (χ4v) is 1.35. The number of nitrogens with one attached hydrogen (secondary N) is 1. The Kier molecular flexibility index (Phi) is 4.37. The lowest BCUT2D eigenvalue weighted by molar-refractivity contribution is 0.0635. The van der Waals surface area contributed by atoms with Crippen molar-refractivity contribution in [2.24, 2.45) is 0 Å². The zero-order chi connectivity index (χ0) is 13.8. The minimum absolute atomic E-state index is 0.507. The maximum atomic E-state index is 11.6. The summed E-state index contributed by atoms with van der Waals surface area (Å²) in [4.78, 5) is 11.6. The highest BCUT2D eigenvalue weighted by Gasteiger charge is 2.17. The summed E-state index contributed by atoms with van der Waals surface area (Å²) in [6.07, 6.45) is 1.20. The molecule has 0 saturated heterocycles. The molecular formula is C14H19NO3. The van der Waals surface area contributed by atoms with Crippen molar-refractivity contribution in [3.8, 4) is 5.75 Å². The van der Waals surface area contributed by atoms with Crippen molar-refractivity contribution in [1.82, 2.24) is 0 Å². The normalized spacial score (nSPS) is 10.7. The summed E-state index contributed by atoms with van der Waals surface area (Å²) >= 11 is 0. The number of anilines is 1. The molecule has 0 spiro atoms. The van der Waals surface area contributed by atoms with E-state index in [1.54, 1.807) is 25.3 Å². The van der Waals surface area contributed by atoms with Gasteiger partial charge in [0.1, 0.15) is 11.4 Å². The minimum Gasteiger partial charge on any atom is -0.495 e. The molecule has 4 nitrogen and oxygen atoms in total. The highest BCUT2D eigenvalue weighted by atomic mass is 16.6. The standard InChI is InChI=1S/C14H19NO3/c1-6-10-7-8-11(12(9-10)17-5)15-13(16)18-14(2,3)4/h6-9H,1H2,2-5H3,(H,15,16). The number of ether oxygens (including phenoxy) is 2. The smallest absolute Gasteiger partial charge is 0.412 e. The van der Waals surface area contributed by atoms with Crippen LogP contribution in [-0.2, 0) is 4.74 Å². The number of carbonyl (C=O) groups excluding carboxylic acids is 1. The predicted molar refractivity (Wildman–Crippen MR) is 72.9 cm³/mol. The SMILES string of the molecule is C=Cc1ccc(NC(=O)OC(C)(C)C)c(OC)c1. The monoisotopic (exact) mass is 249 g/mol. The fraction of sp³-hybridized carbons (Fsp3) is 0.357. The van der Waals surface area contributed by atoms with Crippen molar-refractivity contribution in [1.29, 1.82) is 0 Å². The van der Waals surface area contributed by atoms with Gasteiger partial charge in [-0.3, -0.25) is 5.32 Å². The summed E-state index contributed by atoms with van der Waals surface area (Å²) < 4.78 is 10.4. The lowest BCUT2D eigenvalue weighted by atomic mass is 10.2. The van der Waals surface area contributed by atoms with E-state index in [-0.39, 0.29) is 0 Å². The molecule has 4 heteroatoms. The Hall–Kier alpha value is -1.97. The number of amides is 1. The van der Waals surface area contributed by atoms with Crippen LogP contribution >= 0.6 is 0 Å². The molecule has 0 heterocycles. The van der Waals surface area contributed by atoms with E-state index >= 15 is 0 Å². The Bertz CT molecular complexity index is 447. The summed E-state index contributed by atoms with van der Waals surface area (Å²) in [6, 6.07) is 5.38. The molecule has 0 aliphatic rings. The molecule has 1 amide bonds. The van der Waals surface area contributed by atoms with Gasteiger partial charge in [-0.2, -0.15) is 0 Å². The first-order chi connectivity index (χ1) is 8.35. The first-order valence-corrected chi connectivity index (χ1v) is 5.66. The summed E-state index contributed by atoms with van der Waals surface area (Å²) in [5.74, 6) is 0.568. The molecule has 0 aliphatic heterocycles. The third-order valence-corrected chi connectivity index (χ3v) is 2.10. The first-order valence-electron chi connectivity index (χ1n) is 5.66. The molecule has 0 saturated carbocycles. The number of benzene rings is 1. The van der Waals surface area contributed by atoms with Crippen LogP contribution in [0.25, 0.3) is 6.08 Å². The quantitative estimate of drug-likeness (QED) is 0.888. The lowest BCUT2D eigenvalue weighted by Gasteiger charge is -2.20. The molecule has 0 atom stereocenters. The second-order valence-electron chi connectivity index (χ2n) is 4.79. The Labute approximate surface area is 108 Å². The highest BCUT2D eigenvalue weighted by Crippen LogP contribution is 2.26. The van der Waals surface area contributed by atoms with E-state index in [0.717, 1.165) is 5.56 Å². The molecule has 98 valence electrons. The van der Waals surface area contributed by atoms with E-state index in [1.807, 2.05) is 26.8 Å². The van der Waals surface area contributed by atoms with E-state index in [4.69, 9.17) is 9.47 Å². The summed E-state index contributed by atoms with van der Waals surface area (Å²) in [5, 5.41) is 2.65. The largest absolute Gasteiger partial charge is 0.495 e. The molecule has 1 N–H and O–H groups in total. The van der Waals surface area contributed by atoms with Crippen molar-refractivity contribution >= 4 is 17.9 Å². The van der Waals surface area contributed by atoms with Crippen LogP contribution in [0.3, 0.4) is 0 Å². The van der Waals surface area contributed by atoms with Crippen LogP contribution in [0.15, 0.2) is 24.8 Å². The van der Waals surface area contributed by atoms with Crippen LogP contribution in [0.2, 0.25) is 0 Å². The number of hydrogen-bond acceptors (Lipinski definition) is 3. The third kappa shape index (κ3) is 4.13. The van der Waals surface area contributed by atoms with Gasteiger partial charge >= 0.3 is 6.09 Å². The minimum atomic E-state index is -0.529. The Balaban J connectivity index is 2.84. The zero-order valence-corrected chi connectivity index (χ0v) is 11.2. The predicted octanol–water partition coefficient (Wildman–Crippen LogP) is 3.69. The maximum absolute atomic E-state index is 11.6. The van der Waals surface area contributed by atoms with E-state index in [1.165, 1.54) is 0 Å². The van der Waals surface area contributed by atoms with Gasteiger partial charge in [0.05, 0.1) is 12.8 Å². The number of methoxy groups -OCH3 is 1. The molecule has 0 unspecified atom stereocenters. The Morgan fingerprint density at radius 1 is 1.39 bits per heavy atom. The highest BCUT2D eigenvalue weighted by molar-refractivity contribution is 5.87. The van der Waals surface area contributed by atoms with Gasteiger partial charge in [0.2, 0.25) is 0 Å². The molecule has 1 rings (SSSR count). The summed E-state index contributed by atoms with van der Waals surface area (Å²) in [5.41, 5.74) is 0.956. The van der Waals surface area contributed by atoms with Crippen LogP contribution in [-0.4, -0.2) is 18.8 Å². The van der Waals surface area contributed by atoms with Crippen LogP contribution < -0.4 is 10.1 Å².